The number of ether oxygens (including phenoxy) is 1. The maximum Gasteiger partial charge on any atom is 0.227 e. The van der Waals surface area contributed by atoms with E-state index in [1.54, 1.807) is 18.4 Å². The predicted molar refractivity (Wildman–Crippen MR) is 119 cm³/mol. The molecule has 0 saturated carbocycles. The van der Waals surface area contributed by atoms with E-state index in [0.717, 1.165) is 47.3 Å². The normalized spacial score (nSPS) is 14.5. The molecule has 0 aliphatic carbocycles. The molecule has 4 rings (SSSR count). The summed E-state index contributed by atoms with van der Waals surface area (Å²) in [4.78, 5) is 22.0. The minimum atomic E-state index is 0.214. The minimum Gasteiger partial charge on any atom is -0.494 e. The maximum absolute atomic E-state index is 12.9. The molecule has 1 aliphatic rings. The third-order valence-electron chi connectivity index (χ3n) is 5.66. The van der Waals surface area contributed by atoms with Crippen molar-refractivity contribution in [3.05, 3.63) is 52.6 Å². The van der Waals surface area contributed by atoms with E-state index in [9.17, 15) is 4.79 Å². The van der Waals surface area contributed by atoms with Crippen molar-refractivity contribution >= 4 is 32.6 Å². The highest BCUT2D eigenvalue weighted by molar-refractivity contribution is 7.22. The number of para-hydroxylation sites is 1. The number of hydrogen-bond donors (Lipinski definition) is 0. The number of nitrogens with zero attached hydrogens (tertiary/aromatic N) is 3. The molecule has 5 nitrogen and oxygen atoms in total. The molecular formula is C23H27N3O2S. The standard InChI is InChI=1S/C23H27N3O2S/c1-15-12-16(2)18(17(3)13-15)14-21(27)25-8-10-26(11-9-25)23-24-22-19(28-4)6-5-7-20(22)29-23/h5-7,12-13H,8-11,14H2,1-4H3. The molecule has 1 aliphatic heterocycles. The van der Waals surface area contributed by atoms with E-state index in [2.05, 4.69) is 43.9 Å². The van der Waals surface area contributed by atoms with Crippen molar-refractivity contribution in [1.82, 2.24) is 9.88 Å². The van der Waals surface area contributed by atoms with Crippen LogP contribution in [0.3, 0.4) is 0 Å². The highest BCUT2D eigenvalue weighted by Gasteiger charge is 2.24. The lowest BCUT2D eigenvalue weighted by Crippen LogP contribution is -2.49. The fourth-order valence-corrected chi connectivity index (χ4v) is 5.15. The number of piperazine rings is 1. The molecule has 1 amide bonds. The van der Waals surface area contributed by atoms with Gasteiger partial charge in [-0.15, -0.1) is 0 Å². The summed E-state index contributed by atoms with van der Waals surface area (Å²) >= 11 is 1.68. The van der Waals surface area contributed by atoms with Gasteiger partial charge in [-0.05, 0) is 49.6 Å². The maximum atomic E-state index is 12.9. The number of anilines is 1. The Morgan fingerprint density at radius 3 is 2.45 bits per heavy atom. The molecule has 1 aromatic heterocycles. The van der Waals surface area contributed by atoms with E-state index in [4.69, 9.17) is 9.72 Å². The SMILES string of the molecule is COc1cccc2sc(N3CCN(C(=O)Cc4c(C)cc(C)cc4C)CC3)nc12. The molecule has 1 fully saturated rings. The quantitative estimate of drug-likeness (QED) is 0.650. The number of benzene rings is 2. The molecular weight excluding hydrogens is 382 g/mol. The second-order valence-electron chi connectivity index (χ2n) is 7.73. The Hall–Kier alpha value is -2.60. The smallest absolute Gasteiger partial charge is 0.227 e. The van der Waals surface area contributed by atoms with E-state index >= 15 is 0 Å². The van der Waals surface area contributed by atoms with Crippen molar-refractivity contribution in [2.75, 3.05) is 38.2 Å². The van der Waals surface area contributed by atoms with Crippen molar-refractivity contribution in [3.8, 4) is 5.75 Å². The largest absolute Gasteiger partial charge is 0.494 e. The lowest BCUT2D eigenvalue weighted by atomic mass is 9.97. The molecule has 152 valence electrons. The zero-order valence-electron chi connectivity index (χ0n) is 17.5. The molecule has 0 N–H and O–H groups in total. The molecule has 1 saturated heterocycles. The molecule has 3 aromatic rings. The van der Waals surface area contributed by atoms with Crippen LogP contribution in [0.15, 0.2) is 30.3 Å². The Morgan fingerprint density at radius 2 is 1.79 bits per heavy atom. The second-order valence-corrected chi connectivity index (χ2v) is 8.73. The molecule has 2 heterocycles. The Morgan fingerprint density at radius 1 is 1.10 bits per heavy atom. The van der Waals surface area contributed by atoms with E-state index in [1.807, 2.05) is 17.0 Å². The molecule has 0 unspecified atom stereocenters. The topological polar surface area (TPSA) is 45.7 Å². The van der Waals surface area contributed by atoms with Crippen LogP contribution >= 0.6 is 11.3 Å². The Kier molecular flexibility index (Phi) is 5.46. The number of amides is 1. The number of fused-ring (bicyclic) bond motifs is 1. The van der Waals surface area contributed by atoms with Gasteiger partial charge in [-0.3, -0.25) is 4.79 Å². The van der Waals surface area contributed by atoms with Gasteiger partial charge >= 0.3 is 0 Å². The molecule has 0 atom stereocenters. The first kappa shape index (κ1) is 19.7. The summed E-state index contributed by atoms with van der Waals surface area (Å²) in [6, 6.07) is 10.3. The van der Waals surface area contributed by atoms with Gasteiger partial charge in [-0.25, -0.2) is 4.98 Å². The fourth-order valence-electron chi connectivity index (χ4n) is 4.11. The van der Waals surface area contributed by atoms with Gasteiger partial charge in [0.05, 0.1) is 18.2 Å². The third-order valence-corrected chi connectivity index (χ3v) is 6.74. The van der Waals surface area contributed by atoms with Gasteiger partial charge in [-0.2, -0.15) is 0 Å². The zero-order chi connectivity index (χ0) is 20.5. The van der Waals surface area contributed by atoms with E-state index in [0.29, 0.717) is 6.42 Å². The summed E-state index contributed by atoms with van der Waals surface area (Å²) in [6.45, 7) is 9.37. The van der Waals surface area contributed by atoms with Crippen molar-refractivity contribution in [2.24, 2.45) is 0 Å². The lowest BCUT2D eigenvalue weighted by Gasteiger charge is -2.34. The average molecular weight is 410 g/mol. The van der Waals surface area contributed by atoms with Crippen molar-refractivity contribution in [2.45, 2.75) is 27.2 Å². The molecule has 0 radical (unpaired) electrons. The molecule has 29 heavy (non-hydrogen) atoms. The zero-order valence-corrected chi connectivity index (χ0v) is 18.3. The van der Waals surface area contributed by atoms with Crippen molar-refractivity contribution in [1.29, 1.82) is 0 Å². The van der Waals surface area contributed by atoms with E-state index in [1.165, 1.54) is 22.3 Å². The number of hydrogen-bond acceptors (Lipinski definition) is 5. The minimum absolute atomic E-state index is 0.214. The van der Waals surface area contributed by atoms with Crippen LogP contribution < -0.4 is 9.64 Å². The highest BCUT2D eigenvalue weighted by atomic mass is 32.1. The number of aryl methyl sites for hydroxylation is 3. The van der Waals surface area contributed by atoms with Gasteiger partial charge in [0.1, 0.15) is 11.3 Å². The number of rotatable bonds is 4. The van der Waals surface area contributed by atoms with Crippen LogP contribution in [0.5, 0.6) is 5.75 Å². The monoisotopic (exact) mass is 409 g/mol. The summed E-state index contributed by atoms with van der Waals surface area (Å²) in [5.41, 5.74) is 5.74. The van der Waals surface area contributed by atoms with Crippen molar-refractivity contribution in [3.63, 3.8) is 0 Å². The summed E-state index contributed by atoms with van der Waals surface area (Å²) in [5.74, 6) is 1.02. The molecule has 6 heteroatoms. The van der Waals surface area contributed by atoms with Crippen LogP contribution in [0.25, 0.3) is 10.2 Å². The summed E-state index contributed by atoms with van der Waals surface area (Å²) in [6.07, 6.45) is 0.482. The van der Waals surface area contributed by atoms with E-state index < -0.39 is 0 Å². The summed E-state index contributed by atoms with van der Waals surface area (Å²) in [5, 5.41) is 1.00. The number of methoxy groups -OCH3 is 1. The molecule has 0 bridgehead atoms. The van der Waals surface area contributed by atoms with E-state index in [-0.39, 0.29) is 5.91 Å². The first-order valence-corrected chi connectivity index (χ1v) is 10.8. The number of carbonyl (C=O) groups excluding carboxylic acids is 1. The van der Waals surface area contributed by atoms with Gasteiger partial charge in [0, 0.05) is 26.2 Å². The van der Waals surface area contributed by atoms with Crippen LogP contribution in [0.1, 0.15) is 22.3 Å². The third kappa shape index (κ3) is 3.94. The first-order chi connectivity index (χ1) is 14.0. The second kappa shape index (κ2) is 8.03. The van der Waals surface area contributed by atoms with Gasteiger partial charge in [0.2, 0.25) is 5.91 Å². The Labute approximate surface area is 175 Å². The number of thiazole rings is 1. The summed E-state index contributed by atoms with van der Waals surface area (Å²) in [7, 11) is 1.68. The lowest BCUT2D eigenvalue weighted by molar-refractivity contribution is -0.130. The van der Waals surface area contributed by atoms with Gasteiger partial charge in [0.15, 0.2) is 5.13 Å². The Balaban J connectivity index is 1.42. The summed E-state index contributed by atoms with van der Waals surface area (Å²) < 4.78 is 6.56. The highest BCUT2D eigenvalue weighted by Crippen LogP contribution is 2.34. The average Bonchev–Trinajstić information content (AvgIpc) is 3.15. The van der Waals surface area contributed by atoms with Gasteiger partial charge < -0.3 is 14.5 Å². The number of aromatic nitrogens is 1. The van der Waals surface area contributed by atoms with Crippen LogP contribution in [-0.2, 0) is 11.2 Å². The van der Waals surface area contributed by atoms with Gasteiger partial charge in [-0.1, -0.05) is 35.1 Å². The molecule has 2 aromatic carbocycles. The molecule has 0 spiro atoms. The predicted octanol–water partition coefficient (Wildman–Crippen LogP) is 4.12. The van der Waals surface area contributed by atoms with Gasteiger partial charge in [0.25, 0.3) is 0 Å². The fraction of sp³-hybridized carbons (Fsp3) is 0.391. The first-order valence-electron chi connectivity index (χ1n) is 9.99. The van der Waals surface area contributed by atoms with Crippen LogP contribution in [0, 0.1) is 20.8 Å². The van der Waals surface area contributed by atoms with Crippen LogP contribution in [-0.4, -0.2) is 49.1 Å². The Bertz CT molecular complexity index is 1030. The van der Waals surface area contributed by atoms with Crippen LogP contribution in [0.2, 0.25) is 0 Å². The van der Waals surface area contributed by atoms with Crippen molar-refractivity contribution < 1.29 is 9.53 Å². The number of carbonyl (C=O) groups is 1. The van der Waals surface area contributed by atoms with Crippen LogP contribution in [0.4, 0.5) is 5.13 Å².